The van der Waals surface area contributed by atoms with E-state index in [1.807, 2.05) is 18.5 Å². The zero-order valence-corrected chi connectivity index (χ0v) is 12.3. The monoisotopic (exact) mass is 284 g/mol. The molecule has 1 aromatic rings. The molecule has 0 spiro atoms. The van der Waals surface area contributed by atoms with Gasteiger partial charge in [0, 0.05) is 6.54 Å². The van der Waals surface area contributed by atoms with Crippen molar-refractivity contribution in [3.63, 3.8) is 0 Å². The van der Waals surface area contributed by atoms with E-state index in [9.17, 15) is 9.90 Å². The number of nitrogens with zero attached hydrogens (tertiary/aromatic N) is 2. The van der Waals surface area contributed by atoms with E-state index in [2.05, 4.69) is 5.10 Å². The predicted molar refractivity (Wildman–Crippen MR) is 74.4 cm³/mol. The summed E-state index contributed by atoms with van der Waals surface area (Å²) in [5, 5.41) is 14.4. The van der Waals surface area contributed by atoms with Crippen LogP contribution in [0.3, 0.4) is 0 Å². The highest BCUT2D eigenvalue weighted by Crippen LogP contribution is 2.34. The van der Waals surface area contributed by atoms with Crippen molar-refractivity contribution in [1.82, 2.24) is 9.78 Å². The average Bonchev–Trinajstić information content (AvgIpc) is 2.67. The Morgan fingerprint density at radius 3 is 2.79 bits per heavy atom. The Morgan fingerprint density at radius 2 is 2.16 bits per heavy atom. The molecule has 0 bridgehead atoms. The minimum Gasteiger partial charge on any atom is -0.481 e. The third-order valence-corrected chi connectivity index (χ3v) is 4.63. The van der Waals surface area contributed by atoms with Gasteiger partial charge >= 0.3 is 5.97 Å². The molecule has 4 nitrogen and oxygen atoms in total. The lowest BCUT2D eigenvalue weighted by molar-refractivity contribution is -0.144. The van der Waals surface area contributed by atoms with Crippen LogP contribution >= 0.6 is 11.6 Å². The first kappa shape index (κ1) is 14.4. The molecule has 2 rings (SSSR count). The summed E-state index contributed by atoms with van der Waals surface area (Å²) in [6, 6.07) is 0. The van der Waals surface area contributed by atoms with Crippen LogP contribution in [0.4, 0.5) is 0 Å². The molecule has 1 aliphatic carbocycles. The number of carboxylic acids is 1. The first-order chi connectivity index (χ1) is 9.04. The third-order valence-electron chi connectivity index (χ3n) is 4.13. The van der Waals surface area contributed by atoms with Crippen molar-refractivity contribution in [2.75, 3.05) is 0 Å². The number of halogens is 1. The van der Waals surface area contributed by atoms with Crippen LogP contribution in [0.1, 0.15) is 44.0 Å². The maximum Gasteiger partial charge on any atom is 0.306 e. The summed E-state index contributed by atoms with van der Waals surface area (Å²) in [6.45, 7) is 4.70. The summed E-state index contributed by atoms with van der Waals surface area (Å²) in [4.78, 5) is 11.3. The predicted octanol–water partition coefficient (Wildman–Crippen LogP) is 3.30. The molecule has 5 heteroatoms. The van der Waals surface area contributed by atoms with Crippen molar-refractivity contribution in [1.29, 1.82) is 0 Å². The number of rotatable bonds is 4. The second-order valence-electron chi connectivity index (χ2n) is 5.36. The van der Waals surface area contributed by atoms with E-state index in [1.165, 1.54) is 0 Å². The first-order valence-electron chi connectivity index (χ1n) is 6.99. The molecule has 0 radical (unpaired) electrons. The Labute approximate surface area is 118 Å². The molecule has 0 saturated heterocycles. The van der Waals surface area contributed by atoms with E-state index in [0.717, 1.165) is 50.0 Å². The number of aliphatic carboxylic acids is 1. The van der Waals surface area contributed by atoms with Crippen molar-refractivity contribution in [3.05, 3.63) is 16.4 Å². The van der Waals surface area contributed by atoms with Crippen LogP contribution in [0.2, 0.25) is 5.02 Å². The van der Waals surface area contributed by atoms with Crippen molar-refractivity contribution in [2.45, 2.75) is 52.5 Å². The van der Waals surface area contributed by atoms with Gasteiger partial charge in [-0.25, -0.2) is 0 Å². The Hall–Kier alpha value is -1.03. The summed E-state index contributed by atoms with van der Waals surface area (Å²) < 4.78 is 1.91. The van der Waals surface area contributed by atoms with Crippen molar-refractivity contribution >= 4 is 17.6 Å². The van der Waals surface area contributed by atoms with E-state index in [-0.39, 0.29) is 11.8 Å². The molecule has 1 aliphatic rings. The van der Waals surface area contributed by atoms with Crippen molar-refractivity contribution in [3.8, 4) is 0 Å². The summed E-state index contributed by atoms with van der Waals surface area (Å²) in [6.07, 6.45) is 4.63. The van der Waals surface area contributed by atoms with Gasteiger partial charge in [0.2, 0.25) is 0 Å². The van der Waals surface area contributed by atoms with Gasteiger partial charge in [0.25, 0.3) is 0 Å². The largest absolute Gasteiger partial charge is 0.481 e. The molecule has 106 valence electrons. The highest BCUT2D eigenvalue weighted by Gasteiger charge is 2.32. The van der Waals surface area contributed by atoms with E-state index >= 15 is 0 Å². The fourth-order valence-electron chi connectivity index (χ4n) is 3.09. The molecule has 1 N–H and O–H groups in total. The zero-order valence-electron chi connectivity index (χ0n) is 11.5. The van der Waals surface area contributed by atoms with Gasteiger partial charge in [0.05, 0.1) is 22.3 Å². The van der Waals surface area contributed by atoms with Crippen LogP contribution in [-0.4, -0.2) is 20.9 Å². The molecule has 19 heavy (non-hydrogen) atoms. The molecule has 0 aliphatic heterocycles. The van der Waals surface area contributed by atoms with Crippen LogP contribution in [0.15, 0.2) is 0 Å². The average molecular weight is 285 g/mol. The van der Waals surface area contributed by atoms with Gasteiger partial charge in [-0.3, -0.25) is 9.48 Å². The summed E-state index contributed by atoms with van der Waals surface area (Å²) in [5.74, 6) is -0.712. The van der Waals surface area contributed by atoms with E-state index < -0.39 is 5.97 Å². The zero-order chi connectivity index (χ0) is 14.0. The Morgan fingerprint density at radius 1 is 1.47 bits per heavy atom. The number of carbonyl (C=O) groups is 1. The molecular formula is C14H21ClN2O2. The molecule has 1 heterocycles. The summed E-state index contributed by atoms with van der Waals surface area (Å²) >= 11 is 6.31. The Kier molecular flexibility index (Phi) is 4.50. The lowest BCUT2D eigenvalue weighted by atomic mass is 9.77. The lowest BCUT2D eigenvalue weighted by Gasteiger charge is -2.28. The fourth-order valence-corrected chi connectivity index (χ4v) is 3.30. The van der Waals surface area contributed by atoms with Crippen LogP contribution < -0.4 is 0 Å². The topological polar surface area (TPSA) is 55.1 Å². The van der Waals surface area contributed by atoms with Gasteiger partial charge in [-0.1, -0.05) is 24.4 Å². The Balaban J connectivity index is 2.21. The van der Waals surface area contributed by atoms with E-state index in [1.54, 1.807) is 0 Å². The minimum absolute atomic E-state index is 0.185. The van der Waals surface area contributed by atoms with Gasteiger partial charge in [0.15, 0.2) is 0 Å². The van der Waals surface area contributed by atoms with Crippen LogP contribution in [0.5, 0.6) is 0 Å². The third kappa shape index (κ3) is 2.94. The van der Waals surface area contributed by atoms with Gasteiger partial charge in [-0.15, -0.1) is 0 Å². The number of hydrogen-bond acceptors (Lipinski definition) is 2. The van der Waals surface area contributed by atoms with Gasteiger partial charge in [-0.2, -0.15) is 5.10 Å². The maximum atomic E-state index is 11.3. The van der Waals surface area contributed by atoms with Crippen molar-refractivity contribution in [2.24, 2.45) is 11.8 Å². The Bertz CT molecular complexity index is 470. The summed E-state index contributed by atoms with van der Waals surface area (Å²) in [5.41, 5.74) is 1.83. The second-order valence-corrected chi connectivity index (χ2v) is 5.73. The standard InChI is InChI=1S/C14H21ClN2O2/c1-3-17-12(13(15)9(2)16-17)8-10-6-4-5-7-11(10)14(18)19/h10-11H,3-8H2,1-2H3,(H,18,19). The highest BCUT2D eigenvalue weighted by molar-refractivity contribution is 6.31. The molecule has 1 fully saturated rings. The quantitative estimate of drug-likeness (QED) is 0.923. The smallest absolute Gasteiger partial charge is 0.306 e. The molecule has 0 amide bonds. The molecule has 1 saturated carbocycles. The normalized spacial score (nSPS) is 23.5. The number of aromatic nitrogens is 2. The van der Waals surface area contributed by atoms with Crippen LogP contribution in [0.25, 0.3) is 0 Å². The van der Waals surface area contributed by atoms with Crippen LogP contribution in [-0.2, 0) is 17.8 Å². The van der Waals surface area contributed by atoms with Gasteiger partial charge in [-0.05, 0) is 39.0 Å². The molecule has 1 aromatic heterocycles. The minimum atomic E-state index is -0.667. The maximum absolute atomic E-state index is 11.3. The number of carboxylic acid groups (broad SMARTS) is 1. The van der Waals surface area contributed by atoms with Crippen molar-refractivity contribution < 1.29 is 9.90 Å². The molecule has 2 atom stereocenters. The van der Waals surface area contributed by atoms with Crippen LogP contribution in [0, 0.1) is 18.8 Å². The number of hydrogen-bond donors (Lipinski definition) is 1. The lowest BCUT2D eigenvalue weighted by Crippen LogP contribution is -2.29. The molecule has 2 unspecified atom stereocenters. The van der Waals surface area contributed by atoms with Gasteiger partial charge < -0.3 is 5.11 Å². The second kappa shape index (κ2) is 5.95. The van der Waals surface area contributed by atoms with E-state index in [4.69, 9.17) is 11.6 Å². The molecule has 0 aromatic carbocycles. The molecular weight excluding hydrogens is 264 g/mol. The van der Waals surface area contributed by atoms with E-state index in [0.29, 0.717) is 5.02 Å². The highest BCUT2D eigenvalue weighted by atomic mass is 35.5. The first-order valence-corrected chi connectivity index (χ1v) is 7.37. The van der Waals surface area contributed by atoms with Gasteiger partial charge in [0.1, 0.15) is 0 Å². The number of aryl methyl sites for hydroxylation is 2. The SMILES string of the molecule is CCn1nc(C)c(Cl)c1CC1CCCCC1C(=O)O. The summed E-state index contributed by atoms with van der Waals surface area (Å²) in [7, 11) is 0. The fraction of sp³-hybridized carbons (Fsp3) is 0.714.